The van der Waals surface area contributed by atoms with E-state index in [0.717, 1.165) is 15.2 Å². The highest BCUT2D eigenvalue weighted by atomic mass is 32.2. The number of thiophene rings is 1. The molecule has 1 N–H and O–H groups in total. The van der Waals surface area contributed by atoms with Gasteiger partial charge in [-0.05, 0) is 32.2 Å². The minimum Gasteiger partial charge on any atom is -0.310 e. The van der Waals surface area contributed by atoms with Gasteiger partial charge in [0.05, 0.1) is 11.4 Å². The van der Waals surface area contributed by atoms with Gasteiger partial charge in [0.15, 0.2) is 0 Å². The summed E-state index contributed by atoms with van der Waals surface area (Å²) in [5, 5.41) is 10.7. The topological polar surface area (TPSA) is 72.7 Å². The SMILES string of the molecule is CC(C)n1nccc1NC(=O)[C@H](C)Sc1ncnc2sccc12. The fourth-order valence-corrected chi connectivity index (χ4v) is 3.83. The van der Waals surface area contributed by atoms with Crippen LogP contribution < -0.4 is 5.32 Å². The Hall–Kier alpha value is -1.93. The third-order valence-electron chi connectivity index (χ3n) is 3.29. The molecule has 1 atom stereocenters. The van der Waals surface area contributed by atoms with Gasteiger partial charge >= 0.3 is 0 Å². The molecule has 0 bridgehead atoms. The molecule has 1 amide bonds. The van der Waals surface area contributed by atoms with E-state index in [0.29, 0.717) is 5.82 Å². The fourth-order valence-electron chi connectivity index (χ4n) is 2.13. The van der Waals surface area contributed by atoms with Crippen molar-refractivity contribution in [2.45, 2.75) is 37.1 Å². The van der Waals surface area contributed by atoms with E-state index in [4.69, 9.17) is 0 Å². The summed E-state index contributed by atoms with van der Waals surface area (Å²) in [5.41, 5.74) is 0. The molecule has 8 heteroatoms. The van der Waals surface area contributed by atoms with Crippen molar-refractivity contribution in [2.24, 2.45) is 0 Å². The van der Waals surface area contributed by atoms with Crippen molar-refractivity contribution in [2.75, 3.05) is 5.32 Å². The van der Waals surface area contributed by atoms with E-state index in [2.05, 4.69) is 20.4 Å². The number of amides is 1. The van der Waals surface area contributed by atoms with Crippen LogP contribution in [0.5, 0.6) is 0 Å². The van der Waals surface area contributed by atoms with Crippen molar-refractivity contribution in [3.05, 3.63) is 30.0 Å². The second-order valence-electron chi connectivity index (χ2n) is 5.32. The highest BCUT2D eigenvalue weighted by Crippen LogP contribution is 2.30. The Morgan fingerprint density at radius 1 is 1.30 bits per heavy atom. The van der Waals surface area contributed by atoms with E-state index in [1.165, 1.54) is 11.8 Å². The lowest BCUT2D eigenvalue weighted by atomic mass is 10.4. The molecule has 0 aliphatic rings. The second-order valence-corrected chi connectivity index (χ2v) is 7.55. The third-order valence-corrected chi connectivity index (χ3v) is 5.23. The number of hydrogen-bond acceptors (Lipinski definition) is 6. The largest absolute Gasteiger partial charge is 0.310 e. The van der Waals surface area contributed by atoms with E-state index in [1.54, 1.807) is 34.6 Å². The molecule has 0 saturated carbocycles. The minimum absolute atomic E-state index is 0.0700. The summed E-state index contributed by atoms with van der Waals surface area (Å²) in [7, 11) is 0. The first-order chi connectivity index (χ1) is 11.1. The molecule has 120 valence electrons. The predicted octanol–water partition coefficient (Wildman–Crippen LogP) is 3.59. The van der Waals surface area contributed by atoms with Crippen LogP contribution in [0, 0.1) is 0 Å². The molecular weight excluding hydrogens is 330 g/mol. The summed E-state index contributed by atoms with van der Waals surface area (Å²) >= 11 is 3.01. The Labute approximate surface area is 142 Å². The van der Waals surface area contributed by atoms with E-state index < -0.39 is 0 Å². The van der Waals surface area contributed by atoms with Crippen molar-refractivity contribution in [1.29, 1.82) is 0 Å². The van der Waals surface area contributed by atoms with E-state index in [9.17, 15) is 4.79 Å². The van der Waals surface area contributed by atoms with Gasteiger partial charge in [0.25, 0.3) is 0 Å². The summed E-state index contributed by atoms with van der Waals surface area (Å²) in [4.78, 5) is 21.9. The molecule has 3 heterocycles. The number of carbonyl (C=O) groups is 1. The standard InChI is InChI=1S/C15H17N5OS2/c1-9(2)20-12(4-6-18-20)19-13(21)10(3)23-15-11-5-7-22-14(11)16-8-17-15/h4-10H,1-3H3,(H,19,21)/t10-/m0/s1. The lowest BCUT2D eigenvalue weighted by Crippen LogP contribution is -2.24. The molecule has 3 aromatic rings. The Morgan fingerprint density at radius 2 is 2.13 bits per heavy atom. The average Bonchev–Trinajstić information content (AvgIpc) is 3.16. The number of aromatic nitrogens is 4. The monoisotopic (exact) mass is 347 g/mol. The molecule has 3 aromatic heterocycles. The number of hydrogen-bond donors (Lipinski definition) is 1. The van der Waals surface area contributed by atoms with Crippen molar-refractivity contribution < 1.29 is 4.79 Å². The van der Waals surface area contributed by atoms with Crippen LogP contribution in [0.2, 0.25) is 0 Å². The lowest BCUT2D eigenvalue weighted by molar-refractivity contribution is -0.115. The first kappa shape index (κ1) is 15.9. The van der Waals surface area contributed by atoms with E-state index >= 15 is 0 Å². The van der Waals surface area contributed by atoms with Crippen LogP contribution in [0.1, 0.15) is 26.8 Å². The zero-order valence-corrected chi connectivity index (χ0v) is 14.7. The van der Waals surface area contributed by atoms with Crippen LogP contribution in [0.15, 0.2) is 35.1 Å². The second kappa shape index (κ2) is 6.67. The smallest absolute Gasteiger partial charge is 0.238 e. The summed E-state index contributed by atoms with van der Waals surface area (Å²) in [6, 6.07) is 3.98. The van der Waals surface area contributed by atoms with Gasteiger partial charge in [-0.2, -0.15) is 5.10 Å². The molecule has 0 aliphatic heterocycles. The minimum atomic E-state index is -0.275. The Bertz CT molecular complexity index is 826. The predicted molar refractivity (Wildman–Crippen MR) is 94.0 cm³/mol. The normalized spacial score (nSPS) is 12.7. The summed E-state index contributed by atoms with van der Waals surface area (Å²) < 4.78 is 1.79. The molecule has 0 aromatic carbocycles. The highest BCUT2D eigenvalue weighted by molar-refractivity contribution is 8.00. The number of carbonyl (C=O) groups excluding carboxylic acids is 1. The van der Waals surface area contributed by atoms with Gasteiger partial charge in [0, 0.05) is 17.5 Å². The maximum Gasteiger partial charge on any atom is 0.238 e. The maximum absolute atomic E-state index is 12.5. The molecular formula is C15H17N5OS2. The Balaban J connectivity index is 1.73. The zero-order valence-electron chi connectivity index (χ0n) is 13.1. The molecule has 0 spiro atoms. The van der Waals surface area contributed by atoms with E-state index in [1.807, 2.05) is 32.2 Å². The fraction of sp³-hybridized carbons (Fsp3) is 0.333. The highest BCUT2D eigenvalue weighted by Gasteiger charge is 2.19. The zero-order chi connectivity index (χ0) is 16.4. The first-order valence-corrected chi connectivity index (χ1v) is 9.01. The van der Waals surface area contributed by atoms with Crippen LogP contribution in [-0.2, 0) is 4.79 Å². The number of fused-ring (bicyclic) bond motifs is 1. The van der Waals surface area contributed by atoms with Crippen molar-refractivity contribution in [1.82, 2.24) is 19.7 Å². The number of nitrogens with zero attached hydrogens (tertiary/aromatic N) is 4. The number of anilines is 1. The summed E-state index contributed by atoms with van der Waals surface area (Å²) in [5.74, 6) is 0.639. The van der Waals surface area contributed by atoms with Gasteiger partial charge in [-0.3, -0.25) is 4.79 Å². The van der Waals surface area contributed by atoms with Crippen LogP contribution in [0.3, 0.4) is 0 Å². The number of nitrogens with one attached hydrogen (secondary N) is 1. The molecule has 6 nitrogen and oxygen atoms in total. The number of thioether (sulfide) groups is 1. The summed E-state index contributed by atoms with van der Waals surface area (Å²) in [6.07, 6.45) is 3.23. The Morgan fingerprint density at radius 3 is 2.91 bits per heavy atom. The average molecular weight is 347 g/mol. The molecule has 0 saturated heterocycles. The van der Waals surface area contributed by atoms with Gasteiger partial charge in [-0.15, -0.1) is 11.3 Å². The molecule has 0 radical (unpaired) electrons. The van der Waals surface area contributed by atoms with Gasteiger partial charge < -0.3 is 5.32 Å². The Kier molecular flexibility index (Phi) is 4.63. The van der Waals surface area contributed by atoms with Crippen molar-refractivity contribution in [3.63, 3.8) is 0 Å². The van der Waals surface area contributed by atoms with Crippen LogP contribution in [0.25, 0.3) is 10.2 Å². The van der Waals surface area contributed by atoms with Gasteiger partial charge in [-0.25, -0.2) is 14.6 Å². The van der Waals surface area contributed by atoms with Crippen LogP contribution in [-0.4, -0.2) is 30.9 Å². The third kappa shape index (κ3) is 3.37. The molecule has 23 heavy (non-hydrogen) atoms. The van der Waals surface area contributed by atoms with Crippen molar-refractivity contribution >= 4 is 45.0 Å². The van der Waals surface area contributed by atoms with Crippen molar-refractivity contribution in [3.8, 4) is 0 Å². The van der Waals surface area contributed by atoms with Crippen LogP contribution in [0.4, 0.5) is 5.82 Å². The first-order valence-electron chi connectivity index (χ1n) is 7.25. The van der Waals surface area contributed by atoms with Crippen LogP contribution >= 0.6 is 23.1 Å². The quantitative estimate of drug-likeness (QED) is 0.564. The molecule has 0 aliphatic carbocycles. The van der Waals surface area contributed by atoms with Gasteiger partial charge in [-0.1, -0.05) is 11.8 Å². The van der Waals surface area contributed by atoms with Gasteiger partial charge in [0.1, 0.15) is 22.0 Å². The van der Waals surface area contributed by atoms with E-state index in [-0.39, 0.29) is 17.2 Å². The number of rotatable bonds is 5. The summed E-state index contributed by atoms with van der Waals surface area (Å²) in [6.45, 7) is 5.92. The molecule has 0 unspecified atom stereocenters. The molecule has 3 rings (SSSR count). The molecule has 0 fully saturated rings. The van der Waals surface area contributed by atoms with Gasteiger partial charge in [0.2, 0.25) is 5.91 Å². The lowest BCUT2D eigenvalue weighted by Gasteiger charge is -2.14. The maximum atomic E-state index is 12.5.